The second-order valence-corrected chi connectivity index (χ2v) is 4.27. The van der Waals surface area contributed by atoms with E-state index in [-0.39, 0.29) is 6.10 Å². The van der Waals surface area contributed by atoms with Crippen molar-refractivity contribution in [1.82, 2.24) is 0 Å². The summed E-state index contributed by atoms with van der Waals surface area (Å²) >= 11 is 0. The summed E-state index contributed by atoms with van der Waals surface area (Å²) in [5, 5.41) is 0. The first-order valence-corrected chi connectivity index (χ1v) is 5.95. The third-order valence-corrected chi connectivity index (χ3v) is 3.16. The van der Waals surface area contributed by atoms with Gasteiger partial charge in [-0.05, 0) is 11.1 Å². The maximum absolute atomic E-state index is 5.65. The molecule has 0 N–H and O–H groups in total. The highest BCUT2D eigenvalue weighted by molar-refractivity contribution is 5.26. The number of hydrogen-bond donors (Lipinski definition) is 0. The van der Waals surface area contributed by atoms with Crippen molar-refractivity contribution < 1.29 is 4.74 Å². The topological polar surface area (TPSA) is 9.23 Å². The molecule has 0 bridgehead atoms. The summed E-state index contributed by atoms with van der Waals surface area (Å²) in [6, 6.07) is 20.9. The molecule has 0 aliphatic rings. The van der Waals surface area contributed by atoms with Gasteiger partial charge in [0.05, 0.1) is 6.10 Å². The van der Waals surface area contributed by atoms with Gasteiger partial charge in [-0.3, -0.25) is 0 Å². The molecule has 2 rings (SSSR count). The molecule has 2 aromatic rings. The van der Waals surface area contributed by atoms with Crippen molar-refractivity contribution in [2.75, 3.05) is 7.11 Å². The normalized spacial score (nSPS) is 14.2. The van der Waals surface area contributed by atoms with Crippen LogP contribution in [-0.2, 0) is 4.74 Å². The monoisotopic (exact) mass is 226 g/mol. The lowest BCUT2D eigenvalue weighted by Gasteiger charge is -2.23. The minimum Gasteiger partial charge on any atom is -0.376 e. The molecule has 0 spiro atoms. The zero-order chi connectivity index (χ0) is 12.1. The Balaban J connectivity index is 2.25. The van der Waals surface area contributed by atoms with Crippen LogP contribution in [-0.4, -0.2) is 7.11 Å². The first-order chi connectivity index (χ1) is 8.33. The molecule has 0 radical (unpaired) electrons. The molecule has 0 amide bonds. The van der Waals surface area contributed by atoms with Gasteiger partial charge in [-0.15, -0.1) is 0 Å². The lowest BCUT2D eigenvalue weighted by Crippen LogP contribution is -2.10. The zero-order valence-electron chi connectivity index (χ0n) is 10.3. The second kappa shape index (κ2) is 5.65. The van der Waals surface area contributed by atoms with Crippen LogP contribution in [0.5, 0.6) is 0 Å². The van der Waals surface area contributed by atoms with E-state index in [2.05, 4.69) is 55.5 Å². The van der Waals surface area contributed by atoms with E-state index < -0.39 is 0 Å². The summed E-state index contributed by atoms with van der Waals surface area (Å²) < 4.78 is 5.65. The molecule has 0 aliphatic heterocycles. The van der Waals surface area contributed by atoms with Crippen molar-refractivity contribution in [3.63, 3.8) is 0 Å². The van der Waals surface area contributed by atoms with Crippen molar-refractivity contribution in [1.29, 1.82) is 0 Å². The Bertz CT molecular complexity index is 436. The molecule has 0 unspecified atom stereocenters. The molecule has 17 heavy (non-hydrogen) atoms. The van der Waals surface area contributed by atoms with E-state index in [4.69, 9.17) is 4.74 Å². The predicted octanol–water partition coefficient (Wildman–Crippen LogP) is 4.18. The van der Waals surface area contributed by atoms with E-state index in [1.165, 1.54) is 11.1 Å². The van der Waals surface area contributed by atoms with E-state index in [0.717, 1.165) is 0 Å². The molecule has 0 saturated carbocycles. The number of methoxy groups -OCH3 is 1. The van der Waals surface area contributed by atoms with Gasteiger partial charge in [-0.25, -0.2) is 0 Å². The van der Waals surface area contributed by atoms with E-state index in [1.807, 2.05) is 12.1 Å². The molecular weight excluding hydrogens is 208 g/mol. The number of ether oxygens (including phenoxy) is 1. The molecule has 0 saturated heterocycles. The van der Waals surface area contributed by atoms with Gasteiger partial charge in [-0.2, -0.15) is 0 Å². The minimum absolute atomic E-state index is 0.110. The van der Waals surface area contributed by atoms with Gasteiger partial charge in [0.2, 0.25) is 0 Å². The third kappa shape index (κ3) is 2.75. The summed E-state index contributed by atoms with van der Waals surface area (Å²) in [5.74, 6) is 0.351. The molecule has 0 aliphatic carbocycles. The molecule has 0 fully saturated rings. The summed E-state index contributed by atoms with van der Waals surface area (Å²) in [5.41, 5.74) is 2.54. The molecule has 1 heteroatoms. The molecule has 88 valence electrons. The molecule has 1 nitrogen and oxygen atoms in total. The lowest BCUT2D eigenvalue weighted by atomic mass is 9.91. The van der Waals surface area contributed by atoms with Crippen LogP contribution in [0.25, 0.3) is 0 Å². The van der Waals surface area contributed by atoms with Gasteiger partial charge in [0.1, 0.15) is 0 Å². The van der Waals surface area contributed by atoms with Gasteiger partial charge < -0.3 is 4.74 Å². The Morgan fingerprint density at radius 2 is 1.24 bits per heavy atom. The van der Waals surface area contributed by atoms with Crippen LogP contribution in [0, 0.1) is 0 Å². The number of hydrogen-bond acceptors (Lipinski definition) is 1. The second-order valence-electron chi connectivity index (χ2n) is 4.27. The van der Waals surface area contributed by atoms with Gasteiger partial charge in [-0.1, -0.05) is 67.6 Å². The quantitative estimate of drug-likeness (QED) is 0.760. The lowest BCUT2D eigenvalue weighted by molar-refractivity contribution is 0.0836. The Morgan fingerprint density at radius 3 is 1.71 bits per heavy atom. The highest BCUT2D eigenvalue weighted by Gasteiger charge is 2.19. The van der Waals surface area contributed by atoms with Crippen LogP contribution in [0.3, 0.4) is 0 Å². The standard InChI is InChI=1S/C16H18O/c1-13(14-9-5-3-6-10-14)16(17-2)15-11-7-4-8-12-15/h3-13,16H,1-2H3/t13-,16+/m1/s1. The van der Waals surface area contributed by atoms with E-state index in [9.17, 15) is 0 Å². The van der Waals surface area contributed by atoms with Crippen molar-refractivity contribution in [2.45, 2.75) is 18.9 Å². The third-order valence-electron chi connectivity index (χ3n) is 3.16. The van der Waals surface area contributed by atoms with Crippen LogP contribution in [0.4, 0.5) is 0 Å². The fourth-order valence-corrected chi connectivity index (χ4v) is 2.20. The Morgan fingerprint density at radius 1 is 0.765 bits per heavy atom. The van der Waals surface area contributed by atoms with Crippen LogP contribution < -0.4 is 0 Å². The summed E-state index contributed by atoms with van der Waals surface area (Å²) in [7, 11) is 1.77. The first-order valence-electron chi connectivity index (χ1n) is 5.95. The highest BCUT2D eigenvalue weighted by Crippen LogP contribution is 2.32. The smallest absolute Gasteiger partial charge is 0.0886 e. The van der Waals surface area contributed by atoms with E-state index in [1.54, 1.807) is 7.11 Å². The number of rotatable bonds is 4. The average molecular weight is 226 g/mol. The van der Waals surface area contributed by atoms with Gasteiger partial charge in [0.15, 0.2) is 0 Å². The number of benzene rings is 2. The fourth-order valence-electron chi connectivity index (χ4n) is 2.20. The maximum atomic E-state index is 5.65. The van der Waals surface area contributed by atoms with Crippen molar-refractivity contribution in [2.24, 2.45) is 0 Å². The minimum atomic E-state index is 0.110. The van der Waals surface area contributed by atoms with Crippen LogP contribution >= 0.6 is 0 Å². The summed E-state index contributed by atoms with van der Waals surface area (Å²) in [6.45, 7) is 2.20. The van der Waals surface area contributed by atoms with Crippen LogP contribution in [0.2, 0.25) is 0 Å². The molecule has 2 aromatic carbocycles. The Hall–Kier alpha value is -1.60. The van der Waals surface area contributed by atoms with Crippen LogP contribution in [0.15, 0.2) is 60.7 Å². The largest absolute Gasteiger partial charge is 0.376 e. The van der Waals surface area contributed by atoms with E-state index >= 15 is 0 Å². The van der Waals surface area contributed by atoms with Crippen molar-refractivity contribution in [3.8, 4) is 0 Å². The molecule has 2 atom stereocenters. The molecular formula is C16H18O. The summed E-state index contributed by atoms with van der Waals surface area (Å²) in [4.78, 5) is 0. The first kappa shape index (κ1) is 11.9. The fraction of sp³-hybridized carbons (Fsp3) is 0.250. The Labute approximate surface area is 103 Å². The SMILES string of the molecule is CO[C@H](c1ccccc1)[C@H](C)c1ccccc1. The van der Waals surface area contributed by atoms with Gasteiger partial charge in [0, 0.05) is 13.0 Å². The zero-order valence-corrected chi connectivity index (χ0v) is 10.3. The maximum Gasteiger partial charge on any atom is 0.0886 e. The predicted molar refractivity (Wildman–Crippen MR) is 71.0 cm³/mol. The van der Waals surface area contributed by atoms with Gasteiger partial charge in [0.25, 0.3) is 0 Å². The highest BCUT2D eigenvalue weighted by atomic mass is 16.5. The average Bonchev–Trinajstić information content (AvgIpc) is 2.42. The van der Waals surface area contributed by atoms with E-state index in [0.29, 0.717) is 5.92 Å². The van der Waals surface area contributed by atoms with Crippen molar-refractivity contribution >= 4 is 0 Å². The molecule has 0 heterocycles. The van der Waals surface area contributed by atoms with Gasteiger partial charge >= 0.3 is 0 Å². The molecule has 0 aromatic heterocycles. The van der Waals surface area contributed by atoms with Crippen molar-refractivity contribution in [3.05, 3.63) is 71.8 Å². The Kier molecular flexibility index (Phi) is 3.94. The summed E-state index contributed by atoms with van der Waals surface area (Å²) in [6.07, 6.45) is 0.110. The van der Waals surface area contributed by atoms with Crippen LogP contribution in [0.1, 0.15) is 30.1 Å².